The number of halogens is 1. The van der Waals surface area contributed by atoms with E-state index in [1.54, 1.807) is 16.8 Å². The summed E-state index contributed by atoms with van der Waals surface area (Å²) in [6.07, 6.45) is 4.97. The summed E-state index contributed by atoms with van der Waals surface area (Å²) in [6.45, 7) is 4.35. The minimum atomic E-state index is -0.578. The van der Waals surface area contributed by atoms with Crippen molar-refractivity contribution >= 4 is 23.7 Å². The summed E-state index contributed by atoms with van der Waals surface area (Å²) in [5.41, 5.74) is 4.83. The van der Waals surface area contributed by atoms with E-state index in [0.29, 0.717) is 46.0 Å². The number of carbonyl (C=O) groups is 1. The zero-order chi connectivity index (χ0) is 29.8. The zero-order valence-electron chi connectivity index (χ0n) is 24.4. The Kier molecular flexibility index (Phi) is 8.79. The third-order valence-corrected chi connectivity index (χ3v) is 8.78. The molecular weight excluding hydrogens is 563 g/mol. The summed E-state index contributed by atoms with van der Waals surface area (Å²) < 4.78 is 28.2. The summed E-state index contributed by atoms with van der Waals surface area (Å²) in [5.74, 6) is 0.965. The number of fused-ring (bicyclic) bond motifs is 1. The first-order valence-corrected chi connectivity index (χ1v) is 15.7. The lowest BCUT2D eigenvalue weighted by Gasteiger charge is -2.30. The van der Waals surface area contributed by atoms with Crippen molar-refractivity contribution in [3.63, 3.8) is 0 Å². The number of ether oxygens (including phenoxy) is 2. The molecule has 222 valence electrons. The molecule has 2 aliphatic rings. The number of aryl methyl sites for hydroxylation is 1. The molecule has 1 atom stereocenters. The number of benzene rings is 3. The van der Waals surface area contributed by atoms with Crippen LogP contribution in [0.15, 0.2) is 89.2 Å². The second-order valence-electron chi connectivity index (χ2n) is 11.1. The van der Waals surface area contributed by atoms with Crippen LogP contribution in [-0.2, 0) is 21.9 Å². The van der Waals surface area contributed by atoms with Gasteiger partial charge in [0.1, 0.15) is 30.3 Å². The largest absolute Gasteiger partial charge is 0.489 e. The third kappa shape index (κ3) is 6.77. The van der Waals surface area contributed by atoms with Crippen LogP contribution >= 0.6 is 11.8 Å². The first-order chi connectivity index (χ1) is 20.9. The molecule has 43 heavy (non-hydrogen) atoms. The fourth-order valence-corrected chi connectivity index (χ4v) is 6.36. The van der Waals surface area contributed by atoms with Gasteiger partial charge in [-0.1, -0.05) is 78.3 Å². The number of rotatable bonds is 9. The van der Waals surface area contributed by atoms with Crippen LogP contribution in [0.25, 0.3) is 0 Å². The smallest absolute Gasteiger partial charge is 0.338 e. The lowest BCUT2D eigenvalue weighted by atomic mass is 9.94. The van der Waals surface area contributed by atoms with Crippen molar-refractivity contribution < 1.29 is 18.7 Å². The molecule has 6 rings (SSSR count). The molecule has 2 heterocycles. The molecule has 0 radical (unpaired) electrons. The molecule has 1 aromatic heterocycles. The van der Waals surface area contributed by atoms with Gasteiger partial charge in [0.25, 0.3) is 0 Å². The number of anilines is 1. The highest BCUT2D eigenvalue weighted by molar-refractivity contribution is 7.98. The predicted molar refractivity (Wildman–Crippen MR) is 165 cm³/mol. The molecule has 1 saturated carbocycles. The van der Waals surface area contributed by atoms with E-state index in [1.807, 2.05) is 37.3 Å². The lowest BCUT2D eigenvalue weighted by Crippen LogP contribution is -2.32. The monoisotopic (exact) mass is 598 g/mol. The van der Waals surface area contributed by atoms with Crippen LogP contribution in [0.3, 0.4) is 0 Å². The average Bonchev–Trinajstić information content (AvgIpc) is 3.42. The van der Waals surface area contributed by atoms with Gasteiger partial charge in [0.05, 0.1) is 5.57 Å². The zero-order valence-corrected chi connectivity index (χ0v) is 25.2. The van der Waals surface area contributed by atoms with Crippen molar-refractivity contribution in [3.05, 3.63) is 112 Å². The molecule has 4 aromatic rings. The molecule has 0 amide bonds. The minimum absolute atomic E-state index is 0.0876. The number of nitrogens with one attached hydrogen (secondary N) is 1. The molecule has 7 nitrogen and oxygen atoms in total. The van der Waals surface area contributed by atoms with Crippen LogP contribution in [0.4, 0.5) is 10.3 Å². The first-order valence-electron chi connectivity index (χ1n) is 14.7. The Hall–Kier alpha value is -4.11. The fraction of sp³-hybridized carbons (Fsp3) is 0.324. The van der Waals surface area contributed by atoms with Gasteiger partial charge in [0.15, 0.2) is 0 Å². The Morgan fingerprint density at radius 3 is 2.60 bits per heavy atom. The summed E-state index contributed by atoms with van der Waals surface area (Å²) in [7, 11) is 0. The molecule has 1 aliphatic heterocycles. The molecule has 1 fully saturated rings. The van der Waals surface area contributed by atoms with Crippen molar-refractivity contribution in [1.82, 2.24) is 14.8 Å². The maximum absolute atomic E-state index is 14.3. The van der Waals surface area contributed by atoms with Gasteiger partial charge in [-0.3, -0.25) is 0 Å². The van der Waals surface area contributed by atoms with Gasteiger partial charge in [-0.25, -0.2) is 13.9 Å². The van der Waals surface area contributed by atoms with Crippen LogP contribution in [-0.4, -0.2) is 26.8 Å². The van der Waals surface area contributed by atoms with Gasteiger partial charge in [0, 0.05) is 11.4 Å². The Bertz CT molecular complexity index is 1630. The quantitative estimate of drug-likeness (QED) is 0.156. The molecule has 0 bridgehead atoms. The maximum Gasteiger partial charge on any atom is 0.338 e. The number of allylic oxidation sites excluding steroid dienone is 1. The standard InChI is InChI=1S/C34H35FN4O3S/c1-22-15-17-24(18-16-22)20-41-28-13-8-10-25(19-28)31-30(32(40)42-27-11-4-3-5-12-27)23(2)36-33-37-34(38-39(31)33)43-21-26-9-6-7-14-29(26)35/h6-10,13-19,27,31H,3-5,11-12,20-21H2,1-2H3,(H,36,37,38). The van der Waals surface area contributed by atoms with E-state index < -0.39 is 6.04 Å². The number of hydrogen-bond donors (Lipinski definition) is 1. The van der Waals surface area contributed by atoms with E-state index in [-0.39, 0.29) is 17.9 Å². The molecule has 0 spiro atoms. The van der Waals surface area contributed by atoms with Crippen LogP contribution in [0.1, 0.15) is 67.3 Å². The van der Waals surface area contributed by atoms with E-state index in [0.717, 1.165) is 36.8 Å². The highest BCUT2D eigenvalue weighted by Gasteiger charge is 2.36. The lowest BCUT2D eigenvalue weighted by molar-refractivity contribution is -0.146. The number of thioether (sulfide) groups is 1. The molecule has 0 saturated heterocycles. The summed E-state index contributed by atoms with van der Waals surface area (Å²) in [4.78, 5) is 18.5. The maximum atomic E-state index is 14.3. The normalized spacial score (nSPS) is 16.9. The second kappa shape index (κ2) is 13.0. The second-order valence-corrected chi connectivity index (χ2v) is 12.1. The van der Waals surface area contributed by atoms with Crippen molar-refractivity contribution in [2.45, 2.75) is 75.6 Å². The third-order valence-electron chi connectivity index (χ3n) is 7.89. The number of carbonyl (C=O) groups excluding carboxylic acids is 1. The molecular formula is C34H35FN4O3S. The number of esters is 1. The van der Waals surface area contributed by atoms with Gasteiger partial charge in [-0.15, -0.1) is 5.10 Å². The predicted octanol–water partition coefficient (Wildman–Crippen LogP) is 7.76. The molecule has 1 unspecified atom stereocenters. The number of nitrogens with zero attached hydrogens (tertiary/aromatic N) is 3. The average molecular weight is 599 g/mol. The summed E-state index contributed by atoms with van der Waals surface area (Å²) >= 11 is 1.35. The van der Waals surface area contributed by atoms with Gasteiger partial charge in [-0.2, -0.15) is 4.98 Å². The molecule has 1 N–H and O–H groups in total. The van der Waals surface area contributed by atoms with Gasteiger partial charge >= 0.3 is 5.97 Å². The van der Waals surface area contributed by atoms with Crippen molar-refractivity contribution in [2.24, 2.45) is 0 Å². The molecule has 9 heteroatoms. The van der Waals surface area contributed by atoms with E-state index in [4.69, 9.17) is 19.6 Å². The Morgan fingerprint density at radius 1 is 1.02 bits per heavy atom. The molecule has 3 aromatic carbocycles. The van der Waals surface area contributed by atoms with Crippen LogP contribution < -0.4 is 10.1 Å². The summed E-state index contributed by atoms with van der Waals surface area (Å²) in [6, 6.07) is 22.1. The van der Waals surface area contributed by atoms with Gasteiger partial charge < -0.3 is 14.8 Å². The van der Waals surface area contributed by atoms with Gasteiger partial charge in [0.2, 0.25) is 11.1 Å². The first kappa shape index (κ1) is 29.0. The van der Waals surface area contributed by atoms with E-state index in [9.17, 15) is 9.18 Å². The van der Waals surface area contributed by atoms with Crippen molar-refractivity contribution in [2.75, 3.05) is 5.32 Å². The Morgan fingerprint density at radius 2 is 1.81 bits per heavy atom. The fourth-order valence-electron chi connectivity index (χ4n) is 5.55. The Balaban J connectivity index is 1.30. The van der Waals surface area contributed by atoms with E-state index in [2.05, 4.69) is 36.5 Å². The van der Waals surface area contributed by atoms with E-state index >= 15 is 0 Å². The van der Waals surface area contributed by atoms with Crippen LogP contribution in [0.2, 0.25) is 0 Å². The molecule has 1 aliphatic carbocycles. The minimum Gasteiger partial charge on any atom is -0.489 e. The topological polar surface area (TPSA) is 78.3 Å². The highest BCUT2D eigenvalue weighted by Crippen LogP contribution is 2.39. The Labute approximate surface area is 255 Å². The number of hydrogen-bond acceptors (Lipinski definition) is 7. The highest BCUT2D eigenvalue weighted by atomic mass is 32.2. The van der Waals surface area contributed by atoms with Crippen LogP contribution in [0.5, 0.6) is 5.75 Å². The SMILES string of the molecule is CC1=C(C(=O)OC2CCCCC2)C(c2cccc(OCc3ccc(C)cc3)c2)n2nc(SCc3ccccc3F)nc2N1. The summed E-state index contributed by atoms with van der Waals surface area (Å²) in [5, 5.41) is 8.56. The van der Waals surface area contributed by atoms with Gasteiger partial charge in [-0.05, 0) is 74.4 Å². The number of aromatic nitrogens is 3. The van der Waals surface area contributed by atoms with Crippen LogP contribution in [0, 0.1) is 12.7 Å². The van der Waals surface area contributed by atoms with Crippen molar-refractivity contribution in [1.29, 1.82) is 0 Å². The van der Waals surface area contributed by atoms with E-state index in [1.165, 1.54) is 29.8 Å². The van der Waals surface area contributed by atoms with Crippen molar-refractivity contribution in [3.8, 4) is 5.75 Å².